The van der Waals surface area contributed by atoms with Gasteiger partial charge < -0.3 is 10.0 Å². The van der Waals surface area contributed by atoms with Crippen molar-refractivity contribution in [2.75, 3.05) is 33.2 Å². The minimum absolute atomic E-state index is 0.154. The highest BCUT2D eigenvalue weighted by Gasteiger charge is 2.19. The largest absolute Gasteiger partial charge is 0.508 e. The van der Waals surface area contributed by atoms with Crippen LogP contribution in [0.1, 0.15) is 24.9 Å². The van der Waals surface area contributed by atoms with E-state index in [2.05, 4.69) is 45.2 Å². The highest BCUT2D eigenvalue weighted by molar-refractivity contribution is 9.10. The van der Waals surface area contributed by atoms with Gasteiger partial charge in [0.15, 0.2) is 0 Å². The Morgan fingerprint density at radius 1 is 1.32 bits per heavy atom. The molecule has 1 saturated heterocycles. The van der Waals surface area contributed by atoms with E-state index in [4.69, 9.17) is 0 Å². The molecule has 0 aromatic heterocycles. The third kappa shape index (κ3) is 3.92. The predicted molar refractivity (Wildman–Crippen MR) is 81.0 cm³/mol. The van der Waals surface area contributed by atoms with Crippen LogP contribution >= 0.6 is 15.9 Å². The molecule has 106 valence electrons. The zero-order valence-corrected chi connectivity index (χ0v) is 13.2. The zero-order chi connectivity index (χ0) is 13.8. The van der Waals surface area contributed by atoms with Crippen LogP contribution in [-0.2, 0) is 0 Å². The molecule has 1 aliphatic heterocycles. The monoisotopic (exact) mass is 327 g/mol. The lowest BCUT2D eigenvalue weighted by Gasteiger charge is -2.35. The maximum absolute atomic E-state index is 10.0. The van der Waals surface area contributed by atoms with Gasteiger partial charge in [-0.25, -0.2) is 10.4 Å². The number of piperazine rings is 1. The summed E-state index contributed by atoms with van der Waals surface area (Å²) in [5, 5.41) is 12.3. The second-order valence-electron chi connectivity index (χ2n) is 5.08. The van der Waals surface area contributed by atoms with E-state index in [0.29, 0.717) is 5.75 Å². The Kier molecular flexibility index (Phi) is 5.21. The Balaban J connectivity index is 2.05. The van der Waals surface area contributed by atoms with E-state index in [1.54, 1.807) is 6.07 Å². The van der Waals surface area contributed by atoms with Gasteiger partial charge in [0.25, 0.3) is 0 Å². The van der Waals surface area contributed by atoms with Crippen molar-refractivity contribution in [3.8, 4) is 5.75 Å². The van der Waals surface area contributed by atoms with E-state index in [1.807, 2.05) is 12.1 Å². The van der Waals surface area contributed by atoms with E-state index in [9.17, 15) is 5.11 Å². The Morgan fingerprint density at radius 3 is 2.63 bits per heavy atom. The fourth-order valence-corrected chi connectivity index (χ4v) is 2.72. The molecule has 0 aliphatic carbocycles. The molecule has 1 atom stereocenters. The Morgan fingerprint density at radius 2 is 2.00 bits per heavy atom. The molecule has 19 heavy (non-hydrogen) atoms. The molecule has 0 amide bonds. The Labute approximate surface area is 123 Å². The van der Waals surface area contributed by atoms with Crippen molar-refractivity contribution < 1.29 is 5.11 Å². The summed E-state index contributed by atoms with van der Waals surface area (Å²) in [5.41, 5.74) is 4.49. The van der Waals surface area contributed by atoms with Gasteiger partial charge >= 0.3 is 0 Å². The SMILES string of the molecule is CCC(NN1CCN(C)CC1)c1cc(Br)ccc1O. The topological polar surface area (TPSA) is 38.7 Å². The molecule has 2 rings (SSSR count). The van der Waals surface area contributed by atoms with Gasteiger partial charge in [-0.15, -0.1) is 0 Å². The van der Waals surface area contributed by atoms with Crippen molar-refractivity contribution in [3.05, 3.63) is 28.2 Å². The number of phenolic OH excluding ortho intramolecular Hbond substituents is 1. The van der Waals surface area contributed by atoms with Gasteiger partial charge in [0.1, 0.15) is 5.75 Å². The van der Waals surface area contributed by atoms with E-state index >= 15 is 0 Å². The molecule has 2 N–H and O–H groups in total. The van der Waals surface area contributed by atoms with Crippen molar-refractivity contribution in [1.29, 1.82) is 0 Å². The molecule has 0 bridgehead atoms. The molecule has 5 heteroatoms. The molecular formula is C14H22BrN3O. The number of nitrogens with one attached hydrogen (secondary N) is 1. The average molecular weight is 328 g/mol. The molecule has 1 heterocycles. The predicted octanol–water partition coefficient (Wildman–Crippen LogP) is 2.36. The Hall–Kier alpha value is -0.620. The number of halogens is 1. The molecule has 0 radical (unpaired) electrons. The molecule has 1 aliphatic rings. The fourth-order valence-electron chi connectivity index (χ4n) is 2.34. The number of likely N-dealkylation sites (N-methyl/N-ethyl adjacent to an activating group) is 1. The van der Waals surface area contributed by atoms with Crippen LogP contribution in [0.25, 0.3) is 0 Å². The molecule has 0 saturated carbocycles. The number of hydrogen-bond donors (Lipinski definition) is 2. The van der Waals surface area contributed by atoms with Crippen LogP contribution in [0.5, 0.6) is 5.75 Å². The first-order valence-electron chi connectivity index (χ1n) is 6.78. The smallest absolute Gasteiger partial charge is 0.120 e. The summed E-state index contributed by atoms with van der Waals surface area (Å²) in [5.74, 6) is 0.358. The summed E-state index contributed by atoms with van der Waals surface area (Å²) in [6, 6.07) is 5.75. The number of hydrogen-bond acceptors (Lipinski definition) is 4. The van der Waals surface area contributed by atoms with Gasteiger partial charge in [0, 0.05) is 42.3 Å². The molecule has 4 nitrogen and oxygen atoms in total. The van der Waals surface area contributed by atoms with E-state index in [0.717, 1.165) is 42.6 Å². The van der Waals surface area contributed by atoms with Gasteiger partial charge in [0.05, 0.1) is 0 Å². The highest BCUT2D eigenvalue weighted by Crippen LogP contribution is 2.29. The lowest BCUT2D eigenvalue weighted by Crippen LogP contribution is -2.51. The van der Waals surface area contributed by atoms with Crippen LogP contribution in [0, 0.1) is 0 Å². The zero-order valence-electron chi connectivity index (χ0n) is 11.6. The maximum Gasteiger partial charge on any atom is 0.120 e. The lowest BCUT2D eigenvalue weighted by atomic mass is 10.0. The minimum atomic E-state index is 0.154. The van der Waals surface area contributed by atoms with Crippen molar-refractivity contribution in [2.45, 2.75) is 19.4 Å². The summed E-state index contributed by atoms with van der Waals surface area (Å²) in [6.45, 7) is 6.32. The van der Waals surface area contributed by atoms with Crippen LogP contribution in [0.2, 0.25) is 0 Å². The third-order valence-corrected chi connectivity index (χ3v) is 4.11. The molecule has 0 spiro atoms. The van der Waals surface area contributed by atoms with Gasteiger partial charge in [-0.3, -0.25) is 0 Å². The first-order valence-corrected chi connectivity index (χ1v) is 7.57. The first-order chi connectivity index (χ1) is 9.10. The van der Waals surface area contributed by atoms with Gasteiger partial charge in [-0.2, -0.15) is 0 Å². The minimum Gasteiger partial charge on any atom is -0.508 e. The molecule has 1 fully saturated rings. The van der Waals surface area contributed by atoms with E-state index < -0.39 is 0 Å². The van der Waals surface area contributed by atoms with E-state index in [1.165, 1.54) is 0 Å². The Bertz CT molecular complexity index is 419. The van der Waals surface area contributed by atoms with Crippen LogP contribution < -0.4 is 5.43 Å². The number of hydrazine groups is 1. The second kappa shape index (κ2) is 6.70. The van der Waals surface area contributed by atoms with E-state index in [-0.39, 0.29) is 6.04 Å². The molecule has 1 aromatic rings. The standard InChI is InChI=1S/C14H22BrN3O/c1-3-13(12-10-11(15)4-5-14(12)19)16-18-8-6-17(2)7-9-18/h4-5,10,13,16,19H,3,6-9H2,1-2H3. The van der Waals surface area contributed by atoms with Crippen molar-refractivity contribution >= 4 is 15.9 Å². The second-order valence-corrected chi connectivity index (χ2v) is 6.00. The van der Waals surface area contributed by atoms with Crippen LogP contribution in [0.4, 0.5) is 0 Å². The number of benzene rings is 1. The summed E-state index contributed by atoms with van der Waals surface area (Å²) in [4.78, 5) is 2.33. The molecular weight excluding hydrogens is 306 g/mol. The number of nitrogens with zero attached hydrogens (tertiary/aromatic N) is 2. The third-order valence-electron chi connectivity index (χ3n) is 3.61. The van der Waals surface area contributed by atoms with Crippen molar-refractivity contribution in [3.63, 3.8) is 0 Å². The van der Waals surface area contributed by atoms with Crippen molar-refractivity contribution in [1.82, 2.24) is 15.3 Å². The van der Waals surface area contributed by atoms with Crippen molar-refractivity contribution in [2.24, 2.45) is 0 Å². The van der Waals surface area contributed by atoms with Gasteiger partial charge in [-0.05, 0) is 31.7 Å². The fraction of sp³-hybridized carbons (Fsp3) is 0.571. The number of rotatable bonds is 4. The van der Waals surface area contributed by atoms with Crippen LogP contribution in [-0.4, -0.2) is 48.2 Å². The molecule has 1 unspecified atom stereocenters. The summed E-state index contributed by atoms with van der Waals surface area (Å²) in [6.07, 6.45) is 0.941. The summed E-state index contributed by atoms with van der Waals surface area (Å²) < 4.78 is 0.999. The van der Waals surface area contributed by atoms with Gasteiger partial charge in [0.2, 0.25) is 0 Å². The number of aromatic hydroxyl groups is 1. The normalized spacial score (nSPS) is 19.5. The average Bonchev–Trinajstić information content (AvgIpc) is 2.41. The highest BCUT2D eigenvalue weighted by atomic mass is 79.9. The summed E-state index contributed by atoms with van der Waals surface area (Å²) >= 11 is 3.47. The quantitative estimate of drug-likeness (QED) is 0.890. The first kappa shape index (κ1) is 14.8. The lowest BCUT2D eigenvalue weighted by molar-refractivity contribution is 0.0852. The van der Waals surface area contributed by atoms with Crippen LogP contribution in [0.15, 0.2) is 22.7 Å². The molecule has 1 aromatic carbocycles. The number of phenols is 1. The van der Waals surface area contributed by atoms with Crippen LogP contribution in [0.3, 0.4) is 0 Å². The maximum atomic E-state index is 10.0. The summed E-state index contributed by atoms with van der Waals surface area (Å²) in [7, 11) is 2.15. The van der Waals surface area contributed by atoms with Gasteiger partial charge in [-0.1, -0.05) is 22.9 Å².